The van der Waals surface area contributed by atoms with Crippen LogP contribution in [0, 0.1) is 17.8 Å². The predicted molar refractivity (Wildman–Crippen MR) is 83.3 cm³/mol. The van der Waals surface area contributed by atoms with Crippen LogP contribution in [0.3, 0.4) is 0 Å². The lowest BCUT2D eigenvalue weighted by molar-refractivity contribution is -0.142. The van der Waals surface area contributed by atoms with Gasteiger partial charge in [-0.1, -0.05) is 49.4 Å². The Bertz CT molecular complexity index is 339. The van der Waals surface area contributed by atoms with Gasteiger partial charge in [0.25, 0.3) is 0 Å². The number of ketones is 1. The Morgan fingerprint density at radius 2 is 2.10 bits per heavy atom. The van der Waals surface area contributed by atoms with E-state index in [1.54, 1.807) is 7.11 Å². The number of carbonyl (C=O) groups is 1. The van der Waals surface area contributed by atoms with E-state index in [0.29, 0.717) is 12.0 Å². The monoisotopic (exact) mass is 320 g/mol. The van der Waals surface area contributed by atoms with Gasteiger partial charge in [0.15, 0.2) is 10.1 Å². The number of carbonyl (C=O) groups excluding carboxylic acids is 1. The molecule has 2 fully saturated rings. The van der Waals surface area contributed by atoms with Gasteiger partial charge >= 0.3 is 0 Å². The molecule has 20 heavy (non-hydrogen) atoms. The summed E-state index contributed by atoms with van der Waals surface area (Å²) >= 11 is 12.3. The summed E-state index contributed by atoms with van der Waals surface area (Å²) in [6.07, 6.45) is 9.42. The summed E-state index contributed by atoms with van der Waals surface area (Å²) in [4.78, 5) is 12.1. The van der Waals surface area contributed by atoms with Crippen molar-refractivity contribution in [1.29, 1.82) is 0 Å². The van der Waals surface area contributed by atoms with Gasteiger partial charge in [-0.25, -0.2) is 0 Å². The summed E-state index contributed by atoms with van der Waals surface area (Å²) in [6.45, 7) is 2.16. The van der Waals surface area contributed by atoms with Crippen LogP contribution in [0.4, 0.5) is 0 Å². The first-order valence-electron chi connectivity index (χ1n) is 7.97. The fourth-order valence-electron chi connectivity index (χ4n) is 3.99. The minimum Gasteiger partial charge on any atom is -0.381 e. The van der Waals surface area contributed by atoms with Crippen LogP contribution in [-0.2, 0) is 9.53 Å². The number of unbranched alkanes of at least 4 members (excludes halogenated alkanes) is 1. The number of Topliss-reactive ketones (excluding diaryl/α,β-unsaturated/α-hetero) is 1. The van der Waals surface area contributed by atoms with Crippen LogP contribution < -0.4 is 0 Å². The molecule has 0 aromatic rings. The molecule has 2 saturated carbocycles. The lowest BCUT2D eigenvalue weighted by Crippen LogP contribution is -2.60. The zero-order valence-corrected chi connectivity index (χ0v) is 14.1. The van der Waals surface area contributed by atoms with Crippen molar-refractivity contribution in [3.63, 3.8) is 0 Å². The molecule has 0 amide bonds. The van der Waals surface area contributed by atoms with Crippen molar-refractivity contribution in [3.05, 3.63) is 0 Å². The molecule has 2 aliphatic carbocycles. The van der Waals surface area contributed by atoms with Gasteiger partial charge in [-0.15, -0.1) is 0 Å². The number of methoxy groups -OCH3 is 1. The molecule has 2 rings (SSSR count). The number of rotatable bonds is 7. The van der Waals surface area contributed by atoms with E-state index >= 15 is 0 Å². The Morgan fingerprint density at radius 1 is 1.35 bits per heavy atom. The van der Waals surface area contributed by atoms with Crippen LogP contribution >= 0.6 is 23.2 Å². The quantitative estimate of drug-likeness (QED) is 0.499. The molecular weight excluding hydrogens is 295 g/mol. The van der Waals surface area contributed by atoms with E-state index in [1.165, 1.54) is 12.8 Å². The maximum Gasteiger partial charge on any atom is 0.179 e. The van der Waals surface area contributed by atoms with Gasteiger partial charge in [-0.2, -0.15) is 0 Å². The standard InChI is InChI=1S/C16H26Cl2O2/c1-3-12(20-2)9-5-4-7-11-8-6-10-13-14(11)15(19)16(13,17)18/h11-14H,3-10H2,1-2H3. The van der Waals surface area contributed by atoms with Crippen LogP contribution in [0.2, 0.25) is 0 Å². The van der Waals surface area contributed by atoms with Gasteiger partial charge in [-0.05, 0) is 38.0 Å². The highest BCUT2D eigenvalue weighted by molar-refractivity contribution is 6.60. The molecule has 0 heterocycles. The smallest absolute Gasteiger partial charge is 0.179 e. The molecule has 0 N–H and O–H groups in total. The zero-order chi connectivity index (χ0) is 14.8. The zero-order valence-electron chi connectivity index (χ0n) is 12.5. The average molecular weight is 321 g/mol. The molecule has 0 aromatic heterocycles. The summed E-state index contributed by atoms with van der Waals surface area (Å²) in [6, 6.07) is 0. The predicted octanol–water partition coefficient (Wildman–Crippen LogP) is 4.76. The highest BCUT2D eigenvalue weighted by Crippen LogP contribution is 2.57. The fraction of sp³-hybridized carbons (Fsp3) is 0.938. The van der Waals surface area contributed by atoms with Crippen LogP contribution in [0.15, 0.2) is 0 Å². The Labute approximate surface area is 132 Å². The minimum atomic E-state index is -1.08. The fourth-order valence-corrected chi connectivity index (χ4v) is 4.73. The normalized spacial score (nSPS) is 33.4. The summed E-state index contributed by atoms with van der Waals surface area (Å²) < 4.78 is 4.32. The van der Waals surface area contributed by atoms with E-state index in [4.69, 9.17) is 27.9 Å². The summed E-state index contributed by atoms with van der Waals surface area (Å²) in [5, 5.41) is 0. The number of hydrogen-bond donors (Lipinski definition) is 0. The van der Waals surface area contributed by atoms with E-state index in [1.807, 2.05) is 0 Å². The number of ether oxygens (including phenoxy) is 1. The lowest BCUT2D eigenvalue weighted by atomic mass is 9.58. The number of halogens is 2. The third-order valence-electron chi connectivity index (χ3n) is 5.27. The number of hydrogen-bond acceptors (Lipinski definition) is 2. The van der Waals surface area contributed by atoms with Gasteiger partial charge in [0.2, 0.25) is 0 Å². The number of alkyl halides is 2. The van der Waals surface area contributed by atoms with Crippen LogP contribution in [0.5, 0.6) is 0 Å². The molecule has 0 radical (unpaired) electrons. The largest absolute Gasteiger partial charge is 0.381 e. The third kappa shape index (κ3) is 3.18. The molecule has 4 unspecified atom stereocenters. The maximum atomic E-state index is 12.1. The van der Waals surface area contributed by atoms with E-state index < -0.39 is 4.33 Å². The highest BCUT2D eigenvalue weighted by atomic mass is 35.5. The van der Waals surface area contributed by atoms with Crippen molar-refractivity contribution < 1.29 is 9.53 Å². The van der Waals surface area contributed by atoms with Crippen LogP contribution in [0.1, 0.15) is 58.3 Å². The van der Waals surface area contributed by atoms with E-state index in [9.17, 15) is 4.79 Å². The molecule has 0 bridgehead atoms. The molecular formula is C16H26Cl2O2. The first-order chi connectivity index (χ1) is 9.52. The molecule has 2 aliphatic rings. The van der Waals surface area contributed by atoms with E-state index in [-0.39, 0.29) is 17.6 Å². The maximum absolute atomic E-state index is 12.1. The third-order valence-corrected chi connectivity index (χ3v) is 6.20. The Kier molecular flexibility index (Phi) is 5.79. The second kappa shape index (κ2) is 6.98. The molecule has 0 spiro atoms. The lowest BCUT2D eigenvalue weighted by Gasteiger charge is -2.52. The van der Waals surface area contributed by atoms with Gasteiger partial charge < -0.3 is 4.74 Å². The van der Waals surface area contributed by atoms with Crippen LogP contribution in [0.25, 0.3) is 0 Å². The Morgan fingerprint density at radius 3 is 2.75 bits per heavy atom. The van der Waals surface area contributed by atoms with Gasteiger partial charge in [0.1, 0.15) is 0 Å². The molecule has 0 aromatic carbocycles. The summed E-state index contributed by atoms with van der Waals surface area (Å²) in [7, 11) is 1.79. The van der Waals surface area contributed by atoms with Gasteiger partial charge in [0, 0.05) is 18.9 Å². The first-order valence-corrected chi connectivity index (χ1v) is 8.72. The van der Waals surface area contributed by atoms with Crippen molar-refractivity contribution in [2.75, 3.05) is 7.11 Å². The molecule has 0 aliphatic heterocycles. The topological polar surface area (TPSA) is 26.3 Å². The van der Waals surface area contributed by atoms with Crippen molar-refractivity contribution in [3.8, 4) is 0 Å². The molecule has 116 valence electrons. The SMILES string of the molecule is CCC(CCCCC1CCCC2C1C(=O)C2(Cl)Cl)OC. The van der Waals surface area contributed by atoms with Crippen molar-refractivity contribution in [2.45, 2.75) is 68.7 Å². The highest BCUT2D eigenvalue weighted by Gasteiger charge is 2.62. The Balaban J connectivity index is 1.75. The Hall–Kier alpha value is 0.210. The first kappa shape index (κ1) is 16.6. The van der Waals surface area contributed by atoms with Gasteiger partial charge in [0.05, 0.1) is 6.10 Å². The molecule has 4 heteroatoms. The van der Waals surface area contributed by atoms with E-state index in [2.05, 4.69) is 6.92 Å². The minimum absolute atomic E-state index is 0.0823. The van der Waals surface area contributed by atoms with Crippen molar-refractivity contribution in [1.82, 2.24) is 0 Å². The van der Waals surface area contributed by atoms with E-state index in [0.717, 1.165) is 38.5 Å². The molecule has 2 nitrogen and oxygen atoms in total. The van der Waals surface area contributed by atoms with Gasteiger partial charge in [-0.3, -0.25) is 4.79 Å². The average Bonchev–Trinajstić information content (AvgIpc) is 2.46. The van der Waals surface area contributed by atoms with Crippen LogP contribution in [-0.4, -0.2) is 23.3 Å². The second-order valence-corrected chi connectivity index (χ2v) is 7.75. The molecule has 0 saturated heterocycles. The summed E-state index contributed by atoms with van der Waals surface area (Å²) in [5.41, 5.74) is 0. The van der Waals surface area contributed by atoms with Crippen molar-refractivity contribution in [2.24, 2.45) is 17.8 Å². The molecule has 4 atom stereocenters. The van der Waals surface area contributed by atoms with Crippen molar-refractivity contribution >= 4 is 29.0 Å². The second-order valence-electron chi connectivity index (χ2n) is 6.36. The summed E-state index contributed by atoms with van der Waals surface area (Å²) in [5.74, 6) is 0.941. The number of fused-ring (bicyclic) bond motifs is 1.